The van der Waals surface area contributed by atoms with Crippen LogP contribution in [0.1, 0.15) is 10.5 Å². The lowest BCUT2D eigenvalue weighted by atomic mass is 10.1. The van der Waals surface area contributed by atoms with Gasteiger partial charge in [-0.25, -0.2) is 9.97 Å². The second kappa shape index (κ2) is 5.34. The van der Waals surface area contributed by atoms with Crippen LogP contribution in [0.3, 0.4) is 0 Å². The molecular weight excluding hydrogens is 308 g/mol. The van der Waals surface area contributed by atoms with E-state index in [1.165, 1.54) is 6.07 Å². The van der Waals surface area contributed by atoms with E-state index < -0.39 is 0 Å². The SMILES string of the molecule is Nc1cc(-c2nccc(-c3cc4n(n3)CCNC4=O)n2)ccc1O. The highest BCUT2D eigenvalue weighted by Gasteiger charge is 2.20. The van der Waals surface area contributed by atoms with Crippen LogP contribution in [-0.4, -0.2) is 37.3 Å². The Balaban J connectivity index is 1.75. The number of rotatable bonds is 2. The van der Waals surface area contributed by atoms with Gasteiger partial charge in [0.25, 0.3) is 5.91 Å². The van der Waals surface area contributed by atoms with Crippen molar-refractivity contribution in [1.29, 1.82) is 0 Å². The Labute approximate surface area is 137 Å². The van der Waals surface area contributed by atoms with Gasteiger partial charge in [-0.3, -0.25) is 9.48 Å². The summed E-state index contributed by atoms with van der Waals surface area (Å²) in [6.07, 6.45) is 1.62. The maximum absolute atomic E-state index is 11.8. The van der Waals surface area contributed by atoms with E-state index in [9.17, 15) is 9.90 Å². The Bertz CT molecular complexity index is 949. The summed E-state index contributed by atoms with van der Waals surface area (Å²) in [5.41, 5.74) is 8.41. The molecule has 0 fully saturated rings. The Morgan fingerprint density at radius 3 is 2.88 bits per heavy atom. The zero-order chi connectivity index (χ0) is 16.7. The molecule has 0 aliphatic carbocycles. The van der Waals surface area contributed by atoms with Gasteiger partial charge in [-0.2, -0.15) is 5.10 Å². The first kappa shape index (κ1) is 14.2. The van der Waals surface area contributed by atoms with Gasteiger partial charge in [-0.05, 0) is 30.3 Å². The number of fused-ring (bicyclic) bond motifs is 1. The average molecular weight is 322 g/mol. The lowest BCUT2D eigenvalue weighted by Gasteiger charge is -2.13. The van der Waals surface area contributed by atoms with Crippen LogP contribution in [0.2, 0.25) is 0 Å². The maximum atomic E-state index is 11.8. The van der Waals surface area contributed by atoms with Gasteiger partial charge in [0.1, 0.15) is 17.1 Å². The number of aromatic nitrogens is 4. The van der Waals surface area contributed by atoms with Crippen molar-refractivity contribution in [3.05, 3.63) is 42.2 Å². The monoisotopic (exact) mass is 322 g/mol. The summed E-state index contributed by atoms with van der Waals surface area (Å²) in [6, 6.07) is 8.25. The van der Waals surface area contributed by atoms with Gasteiger partial charge in [-0.15, -0.1) is 0 Å². The molecule has 8 nitrogen and oxygen atoms in total. The number of carbonyl (C=O) groups is 1. The van der Waals surface area contributed by atoms with Crippen LogP contribution >= 0.6 is 0 Å². The van der Waals surface area contributed by atoms with Crippen LogP contribution < -0.4 is 11.1 Å². The van der Waals surface area contributed by atoms with Crippen LogP contribution in [0.5, 0.6) is 5.75 Å². The standard InChI is InChI=1S/C16H14N6O2/c17-10-7-9(1-2-14(10)23)15-18-4-3-11(20-15)12-8-13-16(24)19-5-6-22(13)21-12/h1-4,7-8,23H,5-6,17H2,(H,19,24). The average Bonchev–Trinajstić information content (AvgIpc) is 3.03. The number of nitrogen functional groups attached to an aromatic ring is 1. The zero-order valence-electron chi connectivity index (χ0n) is 12.6. The molecule has 0 saturated carbocycles. The number of hydrogen-bond donors (Lipinski definition) is 3. The van der Waals surface area contributed by atoms with Gasteiger partial charge in [0.15, 0.2) is 5.82 Å². The highest BCUT2D eigenvalue weighted by atomic mass is 16.3. The molecule has 0 spiro atoms. The molecule has 3 aromatic rings. The smallest absolute Gasteiger partial charge is 0.269 e. The minimum atomic E-state index is -0.138. The number of aromatic hydroxyl groups is 1. The molecule has 3 heterocycles. The number of anilines is 1. The largest absolute Gasteiger partial charge is 0.506 e. The van der Waals surface area contributed by atoms with Gasteiger partial charge >= 0.3 is 0 Å². The molecule has 1 aliphatic heterocycles. The molecule has 0 unspecified atom stereocenters. The molecule has 1 amide bonds. The van der Waals surface area contributed by atoms with Crippen molar-refractivity contribution < 1.29 is 9.90 Å². The molecule has 8 heteroatoms. The van der Waals surface area contributed by atoms with E-state index in [1.807, 2.05) is 0 Å². The number of nitrogens with zero attached hydrogens (tertiary/aromatic N) is 4. The van der Waals surface area contributed by atoms with Crippen molar-refractivity contribution in [2.75, 3.05) is 12.3 Å². The lowest BCUT2D eigenvalue weighted by Crippen LogP contribution is -2.35. The maximum Gasteiger partial charge on any atom is 0.269 e. The Morgan fingerprint density at radius 1 is 1.21 bits per heavy atom. The van der Waals surface area contributed by atoms with E-state index >= 15 is 0 Å². The lowest BCUT2D eigenvalue weighted by molar-refractivity contribution is 0.0924. The van der Waals surface area contributed by atoms with Crippen molar-refractivity contribution in [2.45, 2.75) is 6.54 Å². The van der Waals surface area contributed by atoms with Crippen LogP contribution in [0, 0.1) is 0 Å². The van der Waals surface area contributed by atoms with Gasteiger partial charge in [0, 0.05) is 18.3 Å². The van der Waals surface area contributed by atoms with Crippen molar-refractivity contribution in [3.63, 3.8) is 0 Å². The summed E-state index contributed by atoms with van der Waals surface area (Å²) in [5, 5.41) is 16.7. The summed E-state index contributed by atoms with van der Waals surface area (Å²) in [7, 11) is 0. The Kier molecular flexibility index (Phi) is 3.16. The summed E-state index contributed by atoms with van der Waals surface area (Å²) in [4.78, 5) is 20.6. The van der Waals surface area contributed by atoms with Crippen molar-refractivity contribution in [1.82, 2.24) is 25.1 Å². The Morgan fingerprint density at radius 2 is 2.08 bits per heavy atom. The molecule has 1 aromatic carbocycles. The molecule has 0 atom stereocenters. The second-order valence-electron chi connectivity index (χ2n) is 5.43. The zero-order valence-corrected chi connectivity index (χ0v) is 12.6. The molecule has 0 saturated heterocycles. The number of phenolic OH excluding ortho intramolecular Hbond substituents is 1. The molecule has 0 bridgehead atoms. The first-order valence-corrected chi connectivity index (χ1v) is 7.40. The van der Waals surface area contributed by atoms with Gasteiger partial charge < -0.3 is 16.2 Å². The number of carbonyl (C=O) groups excluding carboxylic acids is 1. The number of amides is 1. The number of nitrogens with two attached hydrogens (primary N) is 1. The molecule has 4 rings (SSSR count). The van der Waals surface area contributed by atoms with Crippen LogP contribution in [0.4, 0.5) is 5.69 Å². The molecule has 4 N–H and O–H groups in total. The fourth-order valence-electron chi connectivity index (χ4n) is 2.60. The predicted octanol–water partition coefficient (Wildman–Crippen LogP) is 1.04. The third kappa shape index (κ3) is 2.34. The van der Waals surface area contributed by atoms with Gasteiger partial charge in [0.05, 0.1) is 17.9 Å². The molecule has 0 radical (unpaired) electrons. The predicted molar refractivity (Wildman–Crippen MR) is 87.1 cm³/mol. The van der Waals surface area contributed by atoms with Crippen molar-refractivity contribution in [3.8, 4) is 28.5 Å². The van der Waals surface area contributed by atoms with E-state index in [1.54, 1.807) is 35.1 Å². The summed E-state index contributed by atoms with van der Waals surface area (Å²) >= 11 is 0. The second-order valence-corrected chi connectivity index (χ2v) is 5.43. The highest BCUT2D eigenvalue weighted by Crippen LogP contribution is 2.27. The van der Waals surface area contributed by atoms with E-state index in [2.05, 4.69) is 20.4 Å². The van der Waals surface area contributed by atoms with Crippen molar-refractivity contribution in [2.24, 2.45) is 0 Å². The van der Waals surface area contributed by atoms with Crippen LogP contribution in [0.15, 0.2) is 36.5 Å². The fraction of sp³-hybridized carbons (Fsp3) is 0.125. The highest BCUT2D eigenvalue weighted by molar-refractivity contribution is 5.94. The third-order valence-corrected chi connectivity index (χ3v) is 3.83. The molecule has 24 heavy (non-hydrogen) atoms. The molecule has 1 aliphatic rings. The molecular formula is C16H14N6O2. The summed E-state index contributed by atoms with van der Waals surface area (Å²) in [5.74, 6) is 0.345. The quantitative estimate of drug-likeness (QED) is 0.479. The molecule has 120 valence electrons. The summed E-state index contributed by atoms with van der Waals surface area (Å²) in [6.45, 7) is 1.20. The minimum absolute atomic E-state index is 0.0164. The van der Waals surface area contributed by atoms with E-state index in [0.29, 0.717) is 41.6 Å². The first-order chi connectivity index (χ1) is 11.6. The Hall–Kier alpha value is -3.42. The number of nitrogens with one attached hydrogen (secondary N) is 1. The third-order valence-electron chi connectivity index (χ3n) is 3.83. The number of phenols is 1. The van der Waals surface area contributed by atoms with Gasteiger partial charge in [-0.1, -0.05) is 0 Å². The van der Waals surface area contributed by atoms with Gasteiger partial charge in [0.2, 0.25) is 0 Å². The minimum Gasteiger partial charge on any atom is -0.506 e. The summed E-state index contributed by atoms with van der Waals surface area (Å²) < 4.78 is 1.68. The number of benzene rings is 1. The molecule has 2 aromatic heterocycles. The topological polar surface area (TPSA) is 119 Å². The van der Waals surface area contributed by atoms with E-state index in [-0.39, 0.29) is 17.3 Å². The number of hydrogen-bond acceptors (Lipinski definition) is 6. The fourth-order valence-corrected chi connectivity index (χ4v) is 2.60. The first-order valence-electron chi connectivity index (χ1n) is 7.40. The van der Waals surface area contributed by atoms with Crippen LogP contribution in [0.25, 0.3) is 22.8 Å². The van der Waals surface area contributed by atoms with Crippen molar-refractivity contribution >= 4 is 11.6 Å². The van der Waals surface area contributed by atoms with E-state index in [4.69, 9.17) is 5.73 Å². The van der Waals surface area contributed by atoms with E-state index in [0.717, 1.165) is 0 Å². The normalized spacial score (nSPS) is 13.4. The van der Waals surface area contributed by atoms with Crippen LogP contribution in [-0.2, 0) is 6.54 Å².